The van der Waals surface area contributed by atoms with Crippen LogP contribution in [0.4, 0.5) is 9.18 Å². The van der Waals surface area contributed by atoms with Crippen molar-refractivity contribution in [2.24, 2.45) is 0 Å². The summed E-state index contributed by atoms with van der Waals surface area (Å²) in [4.78, 5) is 24.6. The molecule has 1 heterocycles. The van der Waals surface area contributed by atoms with Crippen LogP contribution in [0, 0.1) is 5.82 Å². The minimum atomic E-state index is -1.14. The number of carbonyl (C=O) groups is 2. The first-order chi connectivity index (χ1) is 11.1. The largest absolute Gasteiger partial charge is 0.478 e. The zero-order chi connectivity index (χ0) is 16.4. The van der Waals surface area contributed by atoms with E-state index in [0.717, 1.165) is 11.6 Å². The predicted molar refractivity (Wildman–Crippen MR) is 79.2 cm³/mol. The first-order valence-electron chi connectivity index (χ1n) is 7.05. The number of fused-ring (bicyclic) bond motifs is 1. The fourth-order valence-corrected chi connectivity index (χ4v) is 2.59. The van der Waals surface area contributed by atoms with Crippen LogP contribution in [0.3, 0.4) is 0 Å². The highest BCUT2D eigenvalue weighted by atomic mass is 19.1. The summed E-state index contributed by atoms with van der Waals surface area (Å²) < 4.78 is 19.1. The summed E-state index contributed by atoms with van der Waals surface area (Å²) in [5, 5.41) is 9.16. The molecule has 0 bridgehead atoms. The molecule has 1 aliphatic rings. The first-order valence-corrected chi connectivity index (χ1v) is 7.05. The normalized spacial score (nSPS) is 12.8. The number of nitrogens with zero attached hydrogens (tertiary/aromatic N) is 1. The van der Waals surface area contributed by atoms with Crippen LogP contribution >= 0.6 is 0 Å². The third kappa shape index (κ3) is 3.01. The Morgan fingerprint density at radius 1 is 1.09 bits per heavy atom. The fraction of sp³-hybridized carbons (Fsp3) is 0.176. The Kier molecular flexibility index (Phi) is 3.97. The molecule has 1 aliphatic heterocycles. The van der Waals surface area contributed by atoms with Gasteiger partial charge < -0.3 is 9.84 Å². The fourth-order valence-electron chi connectivity index (χ4n) is 2.59. The van der Waals surface area contributed by atoms with Crippen molar-refractivity contribution in [2.45, 2.75) is 19.7 Å². The maximum absolute atomic E-state index is 13.9. The molecule has 2 aromatic carbocycles. The van der Waals surface area contributed by atoms with Crippen LogP contribution in [0.2, 0.25) is 0 Å². The Balaban J connectivity index is 1.72. The third-order valence-corrected chi connectivity index (χ3v) is 3.77. The van der Waals surface area contributed by atoms with Crippen LogP contribution in [-0.4, -0.2) is 22.1 Å². The second-order valence-corrected chi connectivity index (χ2v) is 5.25. The monoisotopic (exact) mass is 315 g/mol. The number of rotatable bonds is 3. The molecular weight excluding hydrogens is 301 g/mol. The highest BCUT2D eigenvalue weighted by Gasteiger charge is 2.30. The summed E-state index contributed by atoms with van der Waals surface area (Å²) in [6, 6.07) is 11.5. The van der Waals surface area contributed by atoms with Crippen molar-refractivity contribution < 1.29 is 23.8 Å². The molecule has 0 fully saturated rings. The van der Waals surface area contributed by atoms with Gasteiger partial charge in [0.25, 0.3) is 0 Å². The van der Waals surface area contributed by atoms with Crippen molar-refractivity contribution in [1.82, 2.24) is 4.90 Å². The Bertz CT molecular complexity index is 761. The number of halogens is 1. The van der Waals surface area contributed by atoms with Gasteiger partial charge in [-0.05, 0) is 23.3 Å². The van der Waals surface area contributed by atoms with E-state index in [-0.39, 0.29) is 30.8 Å². The van der Waals surface area contributed by atoms with Crippen LogP contribution in [0.1, 0.15) is 27.0 Å². The van der Waals surface area contributed by atoms with Crippen molar-refractivity contribution in [1.29, 1.82) is 0 Å². The van der Waals surface area contributed by atoms with Crippen LogP contribution in [-0.2, 0) is 24.4 Å². The van der Waals surface area contributed by atoms with E-state index in [2.05, 4.69) is 0 Å². The lowest BCUT2D eigenvalue weighted by Gasteiger charge is -2.15. The summed E-state index contributed by atoms with van der Waals surface area (Å²) in [7, 11) is 0. The van der Waals surface area contributed by atoms with Gasteiger partial charge in [0.2, 0.25) is 0 Å². The van der Waals surface area contributed by atoms with Gasteiger partial charge in [-0.3, -0.25) is 4.90 Å². The molecule has 0 aliphatic carbocycles. The minimum absolute atomic E-state index is 0.00983. The average Bonchev–Trinajstić information content (AvgIpc) is 2.99. The van der Waals surface area contributed by atoms with Gasteiger partial charge >= 0.3 is 12.1 Å². The van der Waals surface area contributed by atoms with E-state index in [1.54, 1.807) is 0 Å². The number of hydrogen-bond donors (Lipinski definition) is 1. The molecule has 0 unspecified atom stereocenters. The van der Waals surface area contributed by atoms with E-state index in [4.69, 9.17) is 9.84 Å². The van der Waals surface area contributed by atoms with Gasteiger partial charge in [-0.25, -0.2) is 14.0 Å². The molecule has 6 heteroatoms. The maximum atomic E-state index is 13.9. The second kappa shape index (κ2) is 6.08. The Morgan fingerprint density at radius 3 is 2.48 bits per heavy atom. The third-order valence-electron chi connectivity index (χ3n) is 3.77. The van der Waals surface area contributed by atoms with E-state index >= 15 is 0 Å². The summed E-state index contributed by atoms with van der Waals surface area (Å²) in [6.07, 6.45) is -0.596. The molecule has 0 atom stereocenters. The van der Waals surface area contributed by atoms with Crippen LogP contribution in [0.15, 0.2) is 42.5 Å². The molecule has 3 rings (SSSR count). The number of carboxylic acids is 1. The molecule has 0 saturated heterocycles. The van der Waals surface area contributed by atoms with Gasteiger partial charge in [-0.1, -0.05) is 30.3 Å². The molecule has 0 radical (unpaired) electrons. The number of benzene rings is 2. The van der Waals surface area contributed by atoms with Crippen molar-refractivity contribution >= 4 is 12.1 Å². The zero-order valence-corrected chi connectivity index (χ0v) is 12.2. The van der Waals surface area contributed by atoms with Gasteiger partial charge in [0.05, 0.1) is 18.7 Å². The highest BCUT2D eigenvalue weighted by molar-refractivity contribution is 5.90. The summed E-state index contributed by atoms with van der Waals surface area (Å²) in [6.45, 7) is 0.152. The molecule has 0 saturated carbocycles. The minimum Gasteiger partial charge on any atom is -0.478 e. The number of hydrogen-bond acceptors (Lipinski definition) is 3. The van der Waals surface area contributed by atoms with Crippen LogP contribution < -0.4 is 0 Å². The quantitative estimate of drug-likeness (QED) is 0.944. The number of carbonyl (C=O) groups excluding carboxylic acids is 1. The number of ether oxygens (including phenoxy) is 1. The van der Waals surface area contributed by atoms with E-state index in [1.807, 2.05) is 30.3 Å². The molecule has 1 N–H and O–H groups in total. The lowest BCUT2D eigenvalue weighted by Crippen LogP contribution is -2.26. The number of carboxylic acid groups (broad SMARTS) is 1. The lowest BCUT2D eigenvalue weighted by molar-refractivity contribution is 0.0693. The van der Waals surface area contributed by atoms with Gasteiger partial charge in [-0.2, -0.15) is 0 Å². The molecule has 118 valence electrons. The number of aromatic carboxylic acids is 1. The van der Waals surface area contributed by atoms with Gasteiger partial charge in [0.15, 0.2) is 0 Å². The van der Waals surface area contributed by atoms with E-state index in [1.165, 1.54) is 11.0 Å². The van der Waals surface area contributed by atoms with Crippen molar-refractivity contribution in [3.05, 3.63) is 70.5 Å². The molecule has 0 spiro atoms. The lowest BCUT2D eigenvalue weighted by atomic mass is 10.0. The van der Waals surface area contributed by atoms with E-state index in [9.17, 15) is 14.0 Å². The summed E-state index contributed by atoms with van der Waals surface area (Å²) in [5.74, 6) is -1.65. The van der Waals surface area contributed by atoms with Crippen molar-refractivity contribution in [3.8, 4) is 0 Å². The maximum Gasteiger partial charge on any atom is 0.410 e. The van der Waals surface area contributed by atoms with Crippen LogP contribution in [0.5, 0.6) is 0 Å². The van der Waals surface area contributed by atoms with Crippen LogP contribution in [0.25, 0.3) is 0 Å². The Morgan fingerprint density at radius 2 is 1.78 bits per heavy atom. The molecule has 2 aromatic rings. The zero-order valence-electron chi connectivity index (χ0n) is 12.2. The predicted octanol–water partition coefficient (Wildman–Crippen LogP) is 3.18. The topological polar surface area (TPSA) is 66.8 Å². The first kappa shape index (κ1) is 15.0. The number of amides is 1. The summed E-state index contributed by atoms with van der Waals surface area (Å²) in [5.41, 5.74) is 1.42. The van der Waals surface area contributed by atoms with Gasteiger partial charge in [0, 0.05) is 5.56 Å². The second-order valence-electron chi connectivity index (χ2n) is 5.25. The SMILES string of the molecule is O=C(O)c1ccc(F)c2c1CN(C(=O)OCc1ccccc1)C2. The van der Waals surface area contributed by atoms with Gasteiger partial charge in [-0.15, -0.1) is 0 Å². The van der Waals surface area contributed by atoms with E-state index in [0.29, 0.717) is 5.56 Å². The average molecular weight is 315 g/mol. The molecule has 23 heavy (non-hydrogen) atoms. The standard InChI is InChI=1S/C17H14FNO4/c18-15-7-6-12(16(20)21)13-8-19(9-14(13)15)17(22)23-10-11-4-2-1-3-5-11/h1-7H,8-10H2,(H,20,21). The molecule has 5 nitrogen and oxygen atoms in total. The highest BCUT2D eigenvalue weighted by Crippen LogP contribution is 2.29. The molecular formula is C17H14FNO4. The smallest absolute Gasteiger partial charge is 0.410 e. The molecule has 0 aromatic heterocycles. The van der Waals surface area contributed by atoms with Crippen molar-refractivity contribution in [2.75, 3.05) is 0 Å². The Hall–Kier alpha value is -2.89. The van der Waals surface area contributed by atoms with E-state index < -0.39 is 17.9 Å². The summed E-state index contributed by atoms with van der Waals surface area (Å²) >= 11 is 0. The van der Waals surface area contributed by atoms with Gasteiger partial charge in [0.1, 0.15) is 12.4 Å². The molecule has 1 amide bonds. The Labute approximate surface area is 131 Å². The van der Waals surface area contributed by atoms with Crippen molar-refractivity contribution in [3.63, 3.8) is 0 Å².